The summed E-state index contributed by atoms with van der Waals surface area (Å²) in [6, 6.07) is 9.11. The standard InChI is InChI=1S/C25H26Cl4N4O3/c26-15-3-8-18(20(28)13-15)25(36)33-11-1-10-32(24(35)14-2-9-19(27)21(29)12-14)23(33)22(34)31-17-6-4-16(30)5-7-17/h2-3,8-9,12-13,16-17,23H,1,4-7,10-11,30H2,(H,31,34). The minimum Gasteiger partial charge on any atom is -0.350 e. The number of carbonyl (C=O) groups excluding carboxylic acids is 3. The van der Waals surface area contributed by atoms with Crippen LogP contribution in [0.1, 0.15) is 52.8 Å². The molecule has 1 unspecified atom stereocenters. The van der Waals surface area contributed by atoms with Crippen molar-refractivity contribution in [2.45, 2.75) is 50.4 Å². The van der Waals surface area contributed by atoms with Crippen LogP contribution in [0.15, 0.2) is 36.4 Å². The maximum atomic E-state index is 13.7. The zero-order valence-corrected chi connectivity index (χ0v) is 22.4. The van der Waals surface area contributed by atoms with E-state index in [9.17, 15) is 14.4 Å². The van der Waals surface area contributed by atoms with Gasteiger partial charge in [0.1, 0.15) is 0 Å². The lowest BCUT2D eigenvalue weighted by molar-refractivity contribution is -0.133. The van der Waals surface area contributed by atoms with E-state index in [-0.39, 0.29) is 46.3 Å². The fraction of sp³-hybridized carbons (Fsp3) is 0.400. The summed E-state index contributed by atoms with van der Waals surface area (Å²) < 4.78 is 0. The second kappa shape index (κ2) is 11.6. The Labute approximate surface area is 229 Å². The summed E-state index contributed by atoms with van der Waals surface area (Å²) in [5.74, 6) is -1.32. The van der Waals surface area contributed by atoms with E-state index >= 15 is 0 Å². The summed E-state index contributed by atoms with van der Waals surface area (Å²) in [4.78, 5) is 43.6. The molecule has 4 rings (SSSR count). The van der Waals surface area contributed by atoms with E-state index in [1.54, 1.807) is 12.1 Å². The van der Waals surface area contributed by atoms with E-state index in [4.69, 9.17) is 52.1 Å². The first-order valence-electron chi connectivity index (χ1n) is 11.7. The van der Waals surface area contributed by atoms with Gasteiger partial charge in [-0.15, -0.1) is 0 Å². The van der Waals surface area contributed by atoms with E-state index in [1.807, 2.05) is 0 Å². The molecule has 1 saturated carbocycles. The van der Waals surface area contributed by atoms with Gasteiger partial charge in [-0.25, -0.2) is 0 Å². The minimum atomic E-state index is -1.17. The molecule has 2 fully saturated rings. The number of hydrogen-bond acceptors (Lipinski definition) is 4. The maximum Gasteiger partial charge on any atom is 0.264 e. The summed E-state index contributed by atoms with van der Waals surface area (Å²) in [5.41, 5.74) is 6.48. The second-order valence-electron chi connectivity index (χ2n) is 9.10. The van der Waals surface area contributed by atoms with Crippen LogP contribution in [0.3, 0.4) is 0 Å². The number of carbonyl (C=O) groups is 3. The molecule has 7 nitrogen and oxygen atoms in total. The molecule has 3 N–H and O–H groups in total. The number of nitrogens with two attached hydrogens (primary N) is 1. The van der Waals surface area contributed by atoms with Crippen molar-refractivity contribution >= 4 is 64.1 Å². The van der Waals surface area contributed by atoms with Crippen LogP contribution in [0.25, 0.3) is 0 Å². The zero-order chi connectivity index (χ0) is 26.0. The number of amides is 3. The first-order valence-corrected chi connectivity index (χ1v) is 13.2. The lowest BCUT2D eigenvalue weighted by atomic mass is 9.91. The van der Waals surface area contributed by atoms with Gasteiger partial charge in [-0.1, -0.05) is 46.4 Å². The van der Waals surface area contributed by atoms with Gasteiger partial charge in [0, 0.05) is 35.8 Å². The Morgan fingerprint density at radius 3 is 2.11 bits per heavy atom. The van der Waals surface area contributed by atoms with Crippen molar-refractivity contribution in [1.82, 2.24) is 15.1 Å². The molecule has 2 aliphatic rings. The van der Waals surface area contributed by atoms with E-state index in [0.717, 1.165) is 25.7 Å². The molecule has 1 aliphatic carbocycles. The van der Waals surface area contributed by atoms with Gasteiger partial charge in [0.2, 0.25) is 0 Å². The molecule has 192 valence electrons. The van der Waals surface area contributed by atoms with E-state index in [1.165, 1.54) is 34.1 Å². The highest BCUT2D eigenvalue weighted by Crippen LogP contribution is 2.28. The van der Waals surface area contributed by atoms with Gasteiger partial charge in [0.05, 0.1) is 20.6 Å². The smallest absolute Gasteiger partial charge is 0.264 e. The van der Waals surface area contributed by atoms with Gasteiger partial charge in [-0.2, -0.15) is 0 Å². The Kier molecular flexibility index (Phi) is 8.68. The van der Waals surface area contributed by atoms with Crippen molar-refractivity contribution in [2.75, 3.05) is 13.1 Å². The second-order valence-corrected chi connectivity index (χ2v) is 10.8. The summed E-state index contributed by atoms with van der Waals surface area (Å²) in [5, 5.41) is 4.13. The normalized spacial score (nSPS) is 22.3. The van der Waals surface area contributed by atoms with Gasteiger partial charge in [-0.3, -0.25) is 14.4 Å². The molecule has 1 saturated heterocycles. The maximum absolute atomic E-state index is 13.7. The Morgan fingerprint density at radius 1 is 0.806 bits per heavy atom. The van der Waals surface area contributed by atoms with Crippen LogP contribution < -0.4 is 11.1 Å². The first-order chi connectivity index (χ1) is 17.2. The van der Waals surface area contributed by atoms with Crippen LogP contribution in [0, 0.1) is 0 Å². The van der Waals surface area contributed by atoms with Gasteiger partial charge in [0.25, 0.3) is 17.7 Å². The minimum absolute atomic E-state index is 0.0859. The van der Waals surface area contributed by atoms with Gasteiger partial charge in [-0.05, 0) is 68.5 Å². The van der Waals surface area contributed by atoms with Crippen LogP contribution in [0.2, 0.25) is 20.1 Å². The van der Waals surface area contributed by atoms with Crippen LogP contribution in [-0.2, 0) is 4.79 Å². The highest BCUT2D eigenvalue weighted by atomic mass is 35.5. The molecule has 36 heavy (non-hydrogen) atoms. The number of halogens is 4. The van der Waals surface area contributed by atoms with Crippen molar-refractivity contribution in [3.8, 4) is 0 Å². The Morgan fingerprint density at radius 2 is 1.47 bits per heavy atom. The number of nitrogens with one attached hydrogen (secondary N) is 1. The lowest BCUT2D eigenvalue weighted by Gasteiger charge is -2.43. The molecule has 1 aliphatic heterocycles. The third-order valence-corrected chi connectivity index (χ3v) is 7.88. The van der Waals surface area contributed by atoms with Crippen molar-refractivity contribution in [1.29, 1.82) is 0 Å². The van der Waals surface area contributed by atoms with Crippen LogP contribution in [-0.4, -0.2) is 58.9 Å². The fourth-order valence-corrected chi connectivity index (χ4v) is 5.47. The van der Waals surface area contributed by atoms with Crippen molar-refractivity contribution in [2.24, 2.45) is 5.73 Å². The lowest BCUT2D eigenvalue weighted by Crippen LogP contribution is -2.64. The average molecular weight is 572 g/mol. The SMILES string of the molecule is NC1CCC(NC(=O)C2N(C(=O)c3ccc(Cl)c(Cl)c3)CCCN2C(=O)c2ccc(Cl)cc2Cl)CC1. The molecular weight excluding hydrogens is 546 g/mol. The highest BCUT2D eigenvalue weighted by Gasteiger charge is 2.42. The summed E-state index contributed by atoms with van der Waals surface area (Å²) >= 11 is 24.5. The topological polar surface area (TPSA) is 95.7 Å². The Hall–Kier alpha value is -2.03. The molecular formula is C25H26Cl4N4O3. The predicted octanol–water partition coefficient (Wildman–Crippen LogP) is 5.00. The quantitative estimate of drug-likeness (QED) is 0.540. The molecule has 0 bridgehead atoms. The predicted molar refractivity (Wildman–Crippen MR) is 142 cm³/mol. The molecule has 2 aromatic rings. The van der Waals surface area contributed by atoms with E-state index in [0.29, 0.717) is 16.5 Å². The van der Waals surface area contributed by atoms with Gasteiger partial charge >= 0.3 is 0 Å². The zero-order valence-electron chi connectivity index (χ0n) is 19.4. The van der Waals surface area contributed by atoms with E-state index < -0.39 is 23.9 Å². The summed E-state index contributed by atoms with van der Waals surface area (Å²) in [6.45, 7) is 0.557. The van der Waals surface area contributed by atoms with Gasteiger partial charge < -0.3 is 20.9 Å². The number of hydrogen-bond donors (Lipinski definition) is 2. The molecule has 0 radical (unpaired) electrons. The molecule has 0 aromatic heterocycles. The average Bonchev–Trinajstić information content (AvgIpc) is 2.85. The molecule has 2 aromatic carbocycles. The summed E-state index contributed by atoms with van der Waals surface area (Å²) in [7, 11) is 0. The van der Waals surface area contributed by atoms with Crippen LogP contribution in [0.5, 0.6) is 0 Å². The fourth-order valence-electron chi connectivity index (χ4n) is 4.68. The largest absolute Gasteiger partial charge is 0.350 e. The molecule has 1 atom stereocenters. The number of rotatable bonds is 4. The molecule has 1 heterocycles. The van der Waals surface area contributed by atoms with Crippen LogP contribution >= 0.6 is 46.4 Å². The van der Waals surface area contributed by atoms with E-state index in [2.05, 4.69) is 5.32 Å². The van der Waals surface area contributed by atoms with Gasteiger partial charge in [0.15, 0.2) is 6.17 Å². The first kappa shape index (κ1) is 27.0. The van der Waals surface area contributed by atoms with Crippen molar-refractivity contribution in [3.05, 3.63) is 67.6 Å². The highest BCUT2D eigenvalue weighted by molar-refractivity contribution is 6.42. The van der Waals surface area contributed by atoms with Crippen molar-refractivity contribution in [3.63, 3.8) is 0 Å². The Bertz CT molecular complexity index is 1170. The Balaban J connectivity index is 1.67. The number of benzene rings is 2. The monoisotopic (exact) mass is 570 g/mol. The molecule has 0 spiro atoms. The summed E-state index contributed by atoms with van der Waals surface area (Å²) in [6.07, 6.45) is 2.37. The number of nitrogens with zero attached hydrogens (tertiary/aromatic N) is 2. The van der Waals surface area contributed by atoms with Crippen LogP contribution in [0.4, 0.5) is 0 Å². The third-order valence-electron chi connectivity index (χ3n) is 6.59. The van der Waals surface area contributed by atoms with Crippen molar-refractivity contribution < 1.29 is 14.4 Å². The third kappa shape index (κ3) is 5.92. The molecule has 11 heteroatoms. The molecule has 3 amide bonds.